The lowest BCUT2D eigenvalue weighted by Crippen LogP contribution is -2.20. The van der Waals surface area contributed by atoms with E-state index in [0.29, 0.717) is 5.41 Å². The molecule has 0 unspecified atom stereocenters. The van der Waals surface area contributed by atoms with Crippen molar-refractivity contribution in [2.24, 2.45) is 5.41 Å². The molecule has 0 heterocycles. The number of aryl methyl sites for hydroxylation is 2. The molecule has 0 aliphatic carbocycles. The van der Waals surface area contributed by atoms with Crippen molar-refractivity contribution in [2.75, 3.05) is 6.54 Å². The first-order valence-electron chi connectivity index (χ1n) is 6.15. The summed E-state index contributed by atoms with van der Waals surface area (Å²) < 4.78 is 0. The van der Waals surface area contributed by atoms with Crippen LogP contribution in [-0.2, 0) is 6.54 Å². The van der Waals surface area contributed by atoms with Crippen molar-refractivity contribution in [1.82, 2.24) is 5.32 Å². The summed E-state index contributed by atoms with van der Waals surface area (Å²) in [4.78, 5) is 0. The summed E-state index contributed by atoms with van der Waals surface area (Å²) in [6.07, 6.45) is 1.22. The summed E-state index contributed by atoms with van der Waals surface area (Å²) in [7, 11) is 0. The third kappa shape index (κ3) is 4.80. The van der Waals surface area contributed by atoms with E-state index in [1.807, 2.05) is 0 Å². The zero-order valence-electron chi connectivity index (χ0n) is 11.4. The zero-order chi connectivity index (χ0) is 12.2. The maximum Gasteiger partial charge on any atom is 0.0208 e. The summed E-state index contributed by atoms with van der Waals surface area (Å²) in [5.41, 5.74) is 4.58. The van der Waals surface area contributed by atoms with Crippen LogP contribution < -0.4 is 5.32 Å². The Labute approximate surface area is 100 Å². The van der Waals surface area contributed by atoms with Crippen molar-refractivity contribution in [2.45, 2.75) is 47.6 Å². The van der Waals surface area contributed by atoms with Crippen molar-refractivity contribution < 1.29 is 0 Å². The average Bonchev–Trinajstić information content (AvgIpc) is 2.16. The van der Waals surface area contributed by atoms with Gasteiger partial charge in [-0.05, 0) is 43.4 Å². The van der Waals surface area contributed by atoms with Gasteiger partial charge in [-0.15, -0.1) is 0 Å². The highest BCUT2D eigenvalue weighted by Gasteiger charge is 2.08. The second-order valence-electron chi connectivity index (χ2n) is 5.92. The first-order valence-corrected chi connectivity index (χ1v) is 6.15. The average molecular weight is 219 g/mol. The quantitative estimate of drug-likeness (QED) is 0.759. The van der Waals surface area contributed by atoms with Crippen LogP contribution in [0.1, 0.15) is 43.9 Å². The third-order valence-electron chi connectivity index (χ3n) is 2.87. The van der Waals surface area contributed by atoms with E-state index in [-0.39, 0.29) is 0 Å². The number of hydrogen-bond donors (Lipinski definition) is 1. The van der Waals surface area contributed by atoms with Crippen LogP contribution in [-0.4, -0.2) is 6.54 Å². The minimum atomic E-state index is 0.425. The maximum absolute atomic E-state index is 3.53. The molecule has 1 heteroatoms. The number of rotatable bonds is 4. The second-order valence-corrected chi connectivity index (χ2v) is 5.92. The van der Waals surface area contributed by atoms with Crippen molar-refractivity contribution >= 4 is 0 Å². The molecule has 1 N–H and O–H groups in total. The lowest BCUT2D eigenvalue weighted by Gasteiger charge is -2.18. The van der Waals surface area contributed by atoms with Crippen LogP contribution in [0.15, 0.2) is 18.2 Å². The predicted molar refractivity (Wildman–Crippen MR) is 71.7 cm³/mol. The number of nitrogens with one attached hydrogen (secondary N) is 1. The van der Waals surface area contributed by atoms with Crippen LogP contribution in [0.5, 0.6) is 0 Å². The van der Waals surface area contributed by atoms with Crippen LogP contribution in [0, 0.1) is 19.3 Å². The Bertz CT molecular complexity index is 334. The van der Waals surface area contributed by atoms with Gasteiger partial charge in [0.1, 0.15) is 0 Å². The largest absolute Gasteiger partial charge is 0.313 e. The van der Waals surface area contributed by atoms with Crippen LogP contribution in [0.2, 0.25) is 0 Å². The first-order chi connectivity index (χ1) is 7.38. The number of hydrogen-bond acceptors (Lipinski definition) is 1. The predicted octanol–water partition coefficient (Wildman–Crippen LogP) is 3.83. The van der Waals surface area contributed by atoms with Gasteiger partial charge in [0.15, 0.2) is 0 Å². The summed E-state index contributed by atoms with van der Waals surface area (Å²) in [6, 6.07) is 6.66. The fourth-order valence-electron chi connectivity index (χ4n) is 1.68. The van der Waals surface area contributed by atoms with Crippen LogP contribution in [0.25, 0.3) is 0 Å². The summed E-state index contributed by atoms with van der Waals surface area (Å²) >= 11 is 0. The summed E-state index contributed by atoms with van der Waals surface area (Å²) in [5, 5.41) is 3.53. The monoisotopic (exact) mass is 219 g/mol. The molecule has 1 aromatic carbocycles. The maximum atomic E-state index is 3.53. The van der Waals surface area contributed by atoms with Gasteiger partial charge in [-0.2, -0.15) is 0 Å². The molecular formula is C15H25N. The fourth-order valence-corrected chi connectivity index (χ4v) is 1.68. The molecule has 0 atom stereocenters. The van der Waals surface area contributed by atoms with E-state index in [1.54, 1.807) is 0 Å². The first kappa shape index (κ1) is 13.2. The van der Waals surface area contributed by atoms with E-state index in [9.17, 15) is 0 Å². The fraction of sp³-hybridized carbons (Fsp3) is 0.600. The van der Waals surface area contributed by atoms with Crippen LogP contribution >= 0.6 is 0 Å². The van der Waals surface area contributed by atoms with Crippen LogP contribution in [0.4, 0.5) is 0 Å². The molecule has 1 nitrogen and oxygen atoms in total. The van der Waals surface area contributed by atoms with E-state index >= 15 is 0 Å². The molecule has 0 aromatic heterocycles. The Morgan fingerprint density at radius 3 is 2.44 bits per heavy atom. The van der Waals surface area contributed by atoms with Gasteiger partial charge in [-0.1, -0.05) is 44.5 Å². The molecule has 0 aliphatic heterocycles. The summed E-state index contributed by atoms with van der Waals surface area (Å²) in [6.45, 7) is 13.3. The van der Waals surface area contributed by atoms with Crippen molar-refractivity contribution in [3.63, 3.8) is 0 Å². The molecule has 0 saturated heterocycles. The van der Waals surface area contributed by atoms with Gasteiger partial charge in [0.05, 0.1) is 0 Å². The Hall–Kier alpha value is -0.820. The topological polar surface area (TPSA) is 12.0 Å². The lowest BCUT2D eigenvalue weighted by atomic mass is 9.92. The Morgan fingerprint density at radius 2 is 1.81 bits per heavy atom. The molecule has 0 saturated carbocycles. The van der Waals surface area contributed by atoms with Gasteiger partial charge in [-0.3, -0.25) is 0 Å². The zero-order valence-corrected chi connectivity index (χ0v) is 11.4. The SMILES string of the molecule is Cc1ccc(C)c(CNCCC(C)(C)C)c1. The number of benzene rings is 1. The van der Waals surface area contributed by atoms with E-state index in [1.165, 1.54) is 23.1 Å². The van der Waals surface area contributed by atoms with Crippen LogP contribution in [0.3, 0.4) is 0 Å². The smallest absolute Gasteiger partial charge is 0.0208 e. The molecule has 0 bridgehead atoms. The second kappa shape index (κ2) is 5.49. The van der Waals surface area contributed by atoms with Crippen molar-refractivity contribution in [1.29, 1.82) is 0 Å². The minimum Gasteiger partial charge on any atom is -0.313 e. The van der Waals surface area contributed by atoms with Gasteiger partial charge in [0.25, 0.3) is 0 Å². The van der Waals surface area contributed by atoms with Gasteiger partial charge >= 0.3 is 0 Å². The minimum absolute atomic E-state index is 0.425. The normalized spacial score (nSPS) is 11.8. The molecule has 90 valence electrons. The highest BCUT2D eigenvalue weighted by molar-refractivity contribution is 5.30. The van der Waals surface area contributed by atoms with E-state index in [0.717, 1.165) is 13.1 Å². The van der Waals surface area contributed by atoms with Gasteiger partial charge in [0.2, 0.25) is 0 Å². The molecule has 0 spiro atoms. The standard InChI is InChI=1S/C15H25N/c1-12-6-7-13(2)14(10-12)11-16-9-8-15(3,4)5/h6-7,10,16H,8-9,11H2,1-5H3. The molecule has 0 fully saturated rings. The van der Waals surface area contributed by atoms with E-state index in [4.69, 9.17) is 0 Å². The molecule has 1 aromatic rings. The highest BCUT2D eigenvalue weighted by atomic mass is 14.8. The molecule has 16 heavy (non-hydrogen) atoms. The van der Waals surface area contributed by atoms with Crippen molar-refractivity contribution in [3.8, 4) is 0 Å². The summed E-state index contributed by atoms with van der Waals surface area (Å²) in [5.74, 6) is 0. The Balaban J connectivity index is 2.40. The molecular weight excluding hydrogens is 194 g/mol. The van der Waals surface area contributed by atoms with E-state index < -0.39 is 0 Å². The lowest BCUT2D eigenvalue weighted by molar-refractivity contribution is 0.366. The molecule has 0 radical (unpaired) electrons. The highest BCUT2D eigenvalue weighted by Crippen LogP contribution is 2.17. The van der Waals surface area contributed by atoms with Gasteiger partial charge < -0.3 is 5.32 Å². The van der Waals surface area contributed by atoms with Crippen molar-refractivity contribution in [3.05, 3.63) is 34.9 Å². The van der Waals surface area contributed by atoms with Gasteiger partial charge in [0, 0.05) is 6.54 Å². The van der Waals surface area contributed by atoms with Gasteiger partial charge in [-0.25, -0.2) is 0 Å². The molecule has 0 aliphatic rings. The van der Waals surface area contributed by atoms with E-state index in [2.05, 4.69) is 58.1 Å². The molecule has 1 rings (SSSR count). The Kier molecular flexibility index (Phi) is 4.55. The Morgan fingerprint density at radius 1 is 1.12 bits per heavy atom. The third-order valence-corrected chi connectivity index (χ3v) is 2.87. The molecule has 0 amide bonds.